The molecular formula is C12H17BrO2. The van der Waals surface area contributed by atoms with Crippen molar-refractivity contribution in [2.45, 2.75) is 13.0 Å². The van der Waals surface area contributed by atoms with Crippen LogP contribution in [0.25, 0.3) is 0 Å². The molecule has 0 saturated heterocycles. The lowest BCUT2D eigenvalue weighted by atomic mass is 10.1. The summed E-state index contributed by atoms with van der Waals surface area (Å²) in [4.78, 5) is 0. The van der Waals surface area contributed by atoms with E-state index < -0.39 is 0 Å². The summed E-state index contributed by atoms with van der Waals surface area (Å²) in [5.41, 5.74) is 1.20. The van der Waals surface area contributed by atoms with Crippen LogP contribution >= 0.6 is 15.9 Å². The van der Waals surface area contributed by atoms with Crippen molar-refractivity contribution >= 4 is 15.9 Å². The fourth-order valence-electron chi connectivity index (χ4n) is 1.29. The number of benzene rings is 1. The molecule has 1 atom stereocenters. The summed E-state index contributed by atoms with van der Waals surface area (Å²) < 4.78 is 10.9. The van der Waals surface area contributed by atoms with Gasteiger partial charge >= 0.3 is 0 Å². The van der Waals surface area contributed by atoms with E-state index in [4.69, 9.17) is 9.47 Å². The minimum atomic E-state index is 0.117. The molecule has 0 bridgehead atoms. The number of ether oxygens (including phenoxy) is 2. The van der Waals surface area contributed by atoms with E-state index >= 15 is 0 Å². The van der Waals surface area contributed by atoms with Crippen molar-refractivity contribution in [1.29, 1.82) is 0 Å². The van der Waals surface area contributed by atoms with Gasteiger partial charge in [-0.1, -0.05) is 46.3 Å². The molecule has 0 N–H and O–H groups in total. The van der Waals surface area contributed by atoms with Gasteiger partial charge in [0.05, 0.1) is 19.3 Å². The first-order valence-electron chi connectivity index (χ1n) is 5.18. The van der Waals surface area contributed by atoms with Crippen LogP contribution in [0.5, 0.6) is 0 Å². The molecule has 0 aromatic heterocycles. The summed E-state index contributed by atoms with van der Waals surface area (Å²) >= 11 is 3.46. The molecule has 0 spiro atoms. The van der Waals surface area contributed by atoms with E-state index in [0.717, 1.165) is 11.9 Å². The highest BCUT2D eigenvalue weighted by Crippen LogP contribution is 2.18. The summed E-state index contributed by atoms with van der Waals surface area (Å²) in [5, 5.41) is 0.809. The van der Waals surface area contributed by atoms with Gasteiger partial charge in [0.2, 0.25) is 0 Å². The van der Waals surface area contributed by atoms with Gasteiger partial charge in [0, 0.05) is 11.9 Å². The van der Waals surface area contributed by atoms with Crippen LogP contribution in [0.15, 0.2) is 30.3 Å². The summed E-state index contributed by atoms with van der Waals surface area (Å²) in [6.45, 7) is 4.03. The van der Waals surface area contributed by atoms with Gasteiger partial charge in [0.25, 0.3) is 0 Å². The van der Waals surface area contributed by atoms with Gasteiger partial charge in [0.1, 0.15) is 0 Å². The van der Waals surface area contributed by atoms with Crippen LogP contribution in [0.1, 0.15) is 18.6 Å². The Morgan fingerprint density at radius 2 is 1.93 bits per heavy atom. The van der Waals surface area contributed by atoms with E-state index in [1.54, 1.807) is 0 Å². The van der Waals surface area contributed by atoms with Gasteiger partial charge in [-0.05, 0) is 12.5 Å². The molecule has 1 aromatic rings. The third-order valence-corrected chi connectivity index (χ3v) is 2.65. The molecule has 1 aromatic carbocycles. The van der Waals surface area contributed by atoms with E-state index in [2.05, 4.69) is 28.1 Å². The Bertz CT molecular complexity index is 251. The summed E-state index contributed by atoms with van der Waals surface area (Å²) in [6.07, 6.45) is 0.117. The van der Waals surface area contributed by atoms with Gasteiger partial charge < -0.3 is 9.47 Å². The van der Waals surface area contributed by atoms with Crippen molar-refractivity contribution in [2.24, 2.45) is 0 Å². The first-order chi connectivity index (χ1) is 7.38. The van der Waals surface area contributed by atoms with Crippen LogP contribution in [0.4, 0.5) is 0 Å². The number of rotatable bonds is 7. The molecule has 1 unspecified atom stereocenters. The maximum atomic E-state index is 5.71. The van der Waals surface area contributed by atoms with Crippen molar-refractivity contribution in [1.82, 2.24) is 0 Å². The molecule has 0 radical (unpaired) electrons. The predicted octanol–water partition coefficient (Wildman–Crippen LogP) is 3.18. The maximum absolute atomic E-state index is 5.71. The molecule has 0 aliphatic rings. The molecule has 0 amide bonds. The lowest BCUT2D eigenvalue weighted by molar-refractivity contribution is 0.0171. The quantitative estimate of drug-likeness (QED) is 0.561. The Kier molecular flexibility index (Phi) is 6.64. The molecule has 2 nitrogen and oxygen atoms in total. The largest absolute Gasteiger partial charge is 0.379 e. The number of hydrogen-bond donors (Lipinski definition) is 0. The molecule has 3 heteroatoms. The first-order valence-corrected chi connectivity index (χ1v) is 6.31. The molecule has 0 heterocycles. The van der Waals surface area contributed by atoms with Crippen LogP contribution in [0.3, 0.4) is 0 Å². The van der Waals surface area contributed by atoms with Gasteiger partial charge in [-0.15, -0.1) is 0 Å². The second-order valence-corrected chi connectivity index (χ2v) is 3.77. The van der Waals surface area contributed by atoms with E-state index in [1.165, 1.54) is 5.56 Å². The Hall–Kier alpha value is -0.380. The number of alkyl halides is 1. The zero-order valence-corrected chi connectivity index (χ0v) is 10.6. The molecule has 15 heavy (non-hydrogen) atoms. The minimum Gasteiger partial charge on any atom is -0.379 e. The smallest absolute Gasteiger partial charge is 0.0922 e. The third-order valence-electron chi connectivity index (χ3n) is 2.06. The van der Waals surface area contributed by atoms with Crippen molar-refractivity contribution in [3.63, 3.8) is 0 Å². The molecule has 1 rings (SSSR count). The molecule has 0 aliphatic heterocycles. The van der Waals surface area contributed by atoms with E-state index in [-0.39, 0.29) is 6.10 Å². The Morgan fingerprint density at radius 1 is 1.20 bits per heavy atom. The van der Waals surface area contributed by atoms with Crippen molar-refractivity contribution in [2.75, 3.05) is 25.2 Å². The van der Waals surface area contributed by atoms with E-state index in [0.29, 0.717) is 13.2 Å². The SMILES string of the molecule is CCOCCOC(CBr)c1ccccc1. The molecule has 84 valence electrons. The highest BCUT2D eigenvalue weighted by Gasteiger charge is 2.09. The zero-order chi connectivity index (χ0) is 10.9. The topological polar surface area (TPSA) is 18.5 Å². The maximum Gasteiger partial charge on any atom is 0.0922 e. The number of hydrogen-bond acceptors (Lipinski definition) is 2. The minimum absolute atomic E-state index is 0.117. The second-order valence-electron chi connectivity index (χ2n) is 3.12. The van der Waals surface area contributed by atoms with Gasteiger partial charge in [0.15, 0.2) is 0 Å². The summed E-state index contributed by atoms with van der Waals surface area (Å²) in [7, 11) is 0. The van der Waals surface area contributed by atoms with Crippen molar-refractivity contribution in [3.05, 3.63) is 35.9 Å². The van der Waals surface area contributed by atoms with Gasteiger partial charge in [-0.25, -0.2) is 0 Å². The summed E-state index contributed by atoms with van der Waals surface area (Å²) in [6, 6.07) is 10.2. The standard InChI is InChI=1S/C12H17BrO2/c1-2-14-8-9-15-12(10-13)11-6-4-3-5-7-11/h3-7,12H,2,8-10H2,1H3. The van der Waals surface area contributed by atoms with Gasteiger partial charge in [-0.3, -0.25) is 0 Å². The molecule has 0 fully saturated rings. The van der Waals surface area contributed by atoms with Crippen LogP contribution in [0.2, 0.25) is 0 Å². The normalized spacial score (nSPS) is 12.7. The highest BCUT2D eigenvalue weighted by molar-refractivity contribution is 9.09. The second kappa shape index (κ2) is 7.85. The van der Waals surface area contributed by atoms with E-state index in [1.807, 2.05) is 25.1 Å². The molecular weight excluding hydrogens is 256 g/mol. The van der Waals surface area contributed by atoms with Gasteiger partial charge in [-0.2, -0.15) is 0 Å². The summed E-state index contributed by atoms with van der Waals surface area (Å²) in [5.74, 6) is 0. The van der Waals surface area contributed by atoms with E-state index in [9.17, 15) is 0 Å². The molecule has 0 aliphatic carbocycles. The van der Waals surface area contributed by atoms with Crippen LogP contribution in [-0.2, 0) is 9.47 Å². The first kappa shape index (κ1) is 12.7. The van der Waals surface area contributed by atoms with Crippen molar-refractivity contribution in [3.8, 4) is 0 Å². The Morgan fingerprint density at radius 3 is 2.53 bits per heavy atom. The average molecular weight is 273 g/mol. The predicted molar refractivity (Wildman–Crippen MR) is 65.4 cm³/mol. The number of halogens is 1. The van der Waals surface area contributed by atoms with Crippen LogP contribution in [-0.4, -0.2) is 25.2 Å². The average Bonchev–Trinajstić information content (AvgIpc) is 2.30. The monoisotopic (exact) mass is 272 g/mol. The Balaban J connectivity index is 2.36. The van der Waals surface area contributed by atoms with Crippen LogP contribution in [0, 0.1) is 0 Å². The fourth-order valence-corrected chi connectivity index (χ4v) is 1.85. The Labute approximate surface area is 99.7 Å². The third kappa shape index (κ3) is 4.78. The van der Waals surface area contributed by atoms with Crippen LogP contribution < -0.4 is 0 Å². The zero-order valence-electron chi connectivity index (χ0n) is 8.99. The lowest BCUT2D eigenvalue weighted by Crippen LogP contribution is -2.10. The lowest BCUT2D eigenvalue weighted by Gasteiger charge is -2.15. The van der Waals surface area contributed by atoms with Crippen molar-refractivity contribution < 1.29 is 9.47 Å². The fraction of sp³-hybridized carbons (Fsp3) is 0.500. The highest BCUT2D eigenvalue weighted by atomic mass is 79.9. The molecule has 0 saturated carbocycles.